The molecule has 0 atom stereocenters. The Hall–Kier alpha value is -3.35. The molecule has 1 aromatic heterocycles. The van der Waals surface area contributed by atoms with Gasteiger partial charge in [0.2, 0.25) is 0 Å². The molecule has 0 aliphatic heterocycles. The summed E-state index contributed by atoms with van der Waals surface area (Å²) >= 11 is 0. The van der Waals surface area contributed by atoms with Crippen molar-refractivity contribution < 1.29 is 22.8 Å². The van der Waals surface area contributed by atoms with Gasteiger partial charge in [-0.25, -0.2) is 0 Å². The van der Waals surface area contributed by atoms with Crippen molar-refractivity contribution in [1.29, 1.82) is 0 Å². The van der Waals surface area contributed by atoms with Crippen LogP contribution in [0.4, 0.5) is 18.9 Å². The molecule has 0 bridgehead atoms. The summed E-state index contributed by atoms with van der Waals surface area (Å²) in [6, 6.07) is 14.9. The second-order valence-corrected chi connectivity index (χ2v) is 6.37. The molecule has 3 rings (SSSR count). The first-order valence-electron chi connectivity index (χ1n) is 8.47. The Labute approximate surface area is 159 Å². The van der Waals surface area contributed by atoms with Gasteiger partial charge in [0.25, 0.3) is 11.7 Å². The van der Waals surface area contributed by atoms with Crippen LogP contribution in [0.1, 0.15) is 27.2 Å². The third-order valence-electron chi connectivity index (χ3n) is 4.21. The number of alkyl halides is 3. The number of hydrogen-bond acceptors (Lipinski definition) is 2. The number of anilines is 1. The van der Waals surface area contributed by atoms with E-state index in [2.05, 4.69) is 5.32 Å². The van der Waals surface area contributed by atoms with Crippen molar-refractivity contribution in [3.63, 3.8) is 0 Å². The van der Waals surface area contributed by atoms with Crippen molar-refractivity contribution >= 4 is 17.4 Å². The number of carbonyl (C=O) groups excluding carboxylic acids is 2. The highest BCUT2D eigenvalue weighted by molar-refractivity contribution is 6.46. The molecule has 0 spiro atoms. The number of carbonyl (C=O) groups is 2. The average Bonchev–Trinajstić information content (AvgIpc) is 3.10. The number of hydrogen-bond donors (Lipinski definition) is 1. The second kappa shape index (κ2) is 7.72. The van der Waals surface area contributed by atoms with Crippen LogP contribution >= 0.6 is 0 Å². The molecular weight excluding hydrogens is 369 g/mol. The lowest BCUT2D eigenvalue weighted by atomic mass is 10.1. The molecule has 2 aromatic carbocycles. The normalized spacial score (nSPS) is 11.3. The Morgan fingerprint density at radius 3 is 2.21 bits per heavy atom. The molecule has 0 saturated carbocycles. The first-order chi connectivity index (χ1) is 13.2. The first kappa shape index (κ1) is 19.4. The van der Waals surface area contributed by atoms with Crippen molar-refractivity contribution in [3.05, 3.63) is 89.2 Å². The molecule has 28 heavy (non-hydrogen) atoms. The van der Waals surface area contributed by atoms with Crippen molar-refractivity contribution in [2.75, 3.05) is 5.32 Å². The SMILES string of the molecule is Cc1ccc(Cn2cccc2C(=O)C(=O)Nc2ccc(C(F)(F)F)cc2)cc1. The maximum atomic E-state index is 12.6. The van der Waals surface area contributed by atoms with E-state index in [1.54, 1.807) is 16.8 Å². The quantitative estimate of drug-likeness (QED) is 0.511. The molecular formula is C21H17F3N2O2. The molecule has 0 unspecified atom stereocenters. The number of halogens is 3. The van der Waals surface area contributed by atoms with Gasteiger partial charge in [-0.1, -0.05) is 29.8 Å². The Bertz CT molecular complexity index is 988. The van der Waals surface area contributed by atoms with Crippen LogP contribution in [0, 0.1) is 6.92 Å². The monoisotopic (exact) mass is 386 g/mol. The fourth-order valence-corrected chi connectivity index (χ4v) is 2.70. The molecule has 144 valence electrons. The van der Waals surface area contributed by atoms with Crippen LogP contribution in [0.15, 0.2) is 66.9 Å². The van der Waals surface area contributed by atoms with Crippen LogP contribution in [0.25, 0.3) is 0 Å². The zero-order chi connectivity index (χ0) is 20.3. The molecule has 0 radical (unpaired) electrons. The van der Waals surface area contributed by atoms with Crippen molar-refractivity contribution in [2.45, 2.75) is 19.6 Å². The molecule has 1 N–H and O–H groups in total. The molecule has 1 amide bonds. The third kappa shape index (κ3) is 4.49. The van der Waals surface area contributed by atoms with Gasteiger partial charge in [-0.2, -0.15) is 13.2 Å². The van der Waals surface area contributed by atoms with Gasteiger partial charge in [-0.05, 0) is 48.9 Å². The predicted octanol–water partition coefficient (Wildman–Crippen LogP) is 4.69. The van der Waals surface area contributed by atoms with Gasteiger partial charge in [0, 0.05) is 18.4 Å². The van der Waals surface area contributed by atoms with Gasteiger partial charge < -0.3 is 9.88 Å². The minimum Gasteiger partial charge on any atom is -0.340 e. The number of Topliss-reactive ketones (excluding diaryl/α,β-unsaturated/α-hetero) is 1. The second-order valence-electron chi connectivity index (χ2n) is 6.37. The highest BCUT2D eigenvalue weighted by Crippen LogP contribution is 2.29. The van der Waals surface area contributed by atoms with Crippen molar-refractivity contribution in [3.8, 4) is 0 Å². The lowest BCUT2D eigenvalue weighted by Gasteiger charge is -2.10. The average molecular weight is 386 g/mol. The van der Waals surface area contributed by atoms with E-state index in [1.807, 2.05) is 31.2 Å². The van der Waals surface area contributed by atoms with E-state index in [0.29, 0.717) is 6.54 Å². The number of aryl methyl sites for hydroxylation is 1. The van der Waals surface area contributed by atoms with E-state index in [0.717, 1.165) is 35.4 Å². The van der Waals surface area contributed by atoms with Gasteiger partial charge in [0.05, 0.1) is 11.3 Å². The molecule has 0 aliphatic rings. The van der Waals surface area contributed by atoms with Crippen LogP contribution in [-0.2, 0) is 17.5 Å². The van der Waals surface area contributed by atoms with Crippen molar-refractivity contribution in [2.24, 2.45) is 0 Å². The zero-order valence-electron chi connectivity index (χ0n) is 15.0. The van der Waals surface area contributed by atoms with Crippen LogP contribution < -0.4 is 5.32 Å². The lowest BCUT2D eigenvalue weighted by molar-refractivity contribution is -0.137. The van der Waals surface area contributed by atoms with Gasteiger partial charge in [-0.15, -0.1) is 0 Å². The van der Waals surface area contributed by atoms with Gasteiger partial charge in [0.15, 0.2) is 0 Å². The molecule has 7 heteroatoms. The lowest BCUT2D eigenvalue weighted by Crippen LogP contribution is -2.25. The Kier molecular flexibility index (Phi) is 5.35. The zero-order valence-corrected chi connectivity index (χ0v) is 15.0. The van der Waals surface area contributed by atoms with E-state index >= 15 is 0 Å². The number of aromatic nitrogens is 1. The number of rotatable bonds is 5. The topological polar surface area (TPSA) is 51.1 Å². The van der Waals surface area contributed by atoms with Gasteiger partial charge in [0.1, 0.15) is 0 Å². The van der Waals surface area contributed by atoms with E-state index in [1.165, 1.54) is 6.07 Å². The molecule has 3 aromatic rings. The van der Waals surface area contributed by atoms with E-state index < -0.39 is 23.4 Å². The first-order valence-corrected chi connectivity index (χ1v) is 8.47. The van der Waals surface area contributed by atoms with Crippen LogP contribution in [-0.4, -0.2) is 16.3 Å². The largest absolute Gasteiger partial charge is 0.416 e. The van der Waals surface area contributed by atoms with E-state index in [9.17, 15) is 22.8 Å². The highest BCUT2D eigenvalue weighted by Gasteiger charge is 2.30. The maximum absolute atomic E-state index is 12.6. The van der Waals surface area contributed by atoms with Gasteiger partial charge >= 0.3 is 6.18 Å². The summed E-state index contributed by atoms with van der Waals surface area (Å²) in [4.78, 5) is 24.7. The fourth-order valence-electron chi connectivity index (χ4n) is 2.70. The minimum atomic E-state index is -4.46. The Morgan fingerprint density at radius 1 is 0.964 bits per heavy atom. The molecule has 4 nitrogen and oxygen atoms in total. The van der Waals surface area contributed by atoms with E-state index in [4.69, 9.17) is 0 Å². The highest BCUT2D eigenvalue weighted by atomic mass is 19.4. The van der Waals surface area contributed by atoms with Crippen LogP contribution in [0.5, 0.6) is 0 Å². The summed E-state index contributed by atoms with van der Waals surface area (Å²) < 4.78 is 39.4. The summed E-state index contributed by atoms with van der Waals surface area (Å²) in [5, 5.41) is 2.34. The van der Waals surface area contributed by atoms with Gasteiger partial charge in [-0.3, -0.25) is 9.59 Å². The number of ketones is 1. The summed E-state index contributed by atoms with van der Waals surface area (Å²) in [5.74, 6) is -1.68. The third-order valence-corrected chi connectivity index (χ3v) is 4.21. The minimum absolute atomic E-state index is 0.114. The van der Waals surface area contributed by atoms with Crippen LogP contribution in [0.2, 0.25) is 0 Å². The predicted molar refractivity (Wildman–Crippen MR) is 99.1 cm³/mol. The standard InChI is InChI=1S/C21H17F3N2O2/c1-14-4-6-15(7-5-14)13-26-12-2-3-18(26)19(27)20(28)25-17-10-8-16(9-11-17)21(22,23)24/h2-12H,13H2,1H3,(H,25,28). The molecule has 1 heterocycles. The van der Waals surface area contributed by atoms with Crippen LogP contribution in [0.3, 0.4) is 0 Å². The molecule has 0 saturated heterocycles. The number of nitrogens with one attached hydrogen (secondary N) is 1. The Balaban J connectivity index is 1.71. The fraction of sp³-hybridized carbons (Fsp3) is 0.143. The van der Waals surface area contributed by atoms with E-state index in [-0.39, 0.29) is 11.4 Å². The number of nitrogens with zero attached hydrogens (tertiary/aromatic N) is 1. The Morgan fingerprint density at radius 2 is 1.61 bits per heavy atom. The summed E-state index contributed by atoms with van der Waals surface area (Å²) in [6.07, 6.45) is -2.77. The summed E-state index contributed by atoms with van der Waals surface area (Å²) in [7, 11) is 0. The van der Waals surface area contributed by atoms with Crippen molar-refractivity contribution in [1.82, 2.24) is 4.57 Å². The maximum Gasteiger partial charge on any atom is 0.416 e. The smallest absolute Gasteiger partial charge is 0.340 e. The number of amides is 1. The molecule has 0 aliphatic carbocycles. The molecule has 0 fully saturated rings. The summed E-state index contributed by atoms with van der Waals surface area (Å²) in [6.45, 7) is 2.39. The number of benzene rings is 2. The summed E-state index contributed by atoms with van der Waals surface area (Å²) in [5.41, 5.74) is 1.57.